The van der Waals surface area contributed by atoms with Crippen LogP contribution < -0.4 is 5.23 Å². The van der Waals surface area contributed by atoms with Crippen LogP contribution in [0.2, 0.25) is 0 Å². The minimum atomic E-state index is 0.102. The van der Waals surface area contributed by atoms with Crippen molar-refractivity contribution in [2.24, 2.45) is 0 Å². The van der Waals surface area contributed by atoms with Crippen LogP contribution in [0, 0.1) is 11.3 Å². The molecule has 4 rings (SSSR count). The van der Waals surface area contributed by atoms with Gasteiger partial charge in [-0.3, -0.25) is 10.4 Å². The average molecular weight is 380 g/mol. The van der Waals surface area contributed by atoms with E-state index < -0.39 is 0 Å². The molecule has 0 aliphatic rings. The summed E-state index contributed by atoms with van der Waals surface area (Å²) in [5.74, 6) is 1.58. The number of hydrogen-bond donors (Lipinski definition) is 2. The van der Waals surface area contributed by atoms with Crippen LogP contribution >= 0.6 is 11.3 Å². The van der Waals surface area contributed by atoms with Crippen molar-refractivity contribution in [1.29, 1.82) is 5.26 Å². The first-order chi connectivity index (χ1) is 13.1. The summed E-state index contributed by atoms with van der Waals surface area (Å²) in [7, 11) is 0. The second-order valence-corrected chi connectivity index (χ2v) is 6.82. The number of nitriles is 1. The Labute approximate surface area is 158 Å². The monoisotopic (exact) mass is 380 g/mol. The standard InChI is InChI=1S/C18H16N6O2S/c1-2-23-15-4-3-12(9-19)7-14(15)21-16(23)10-22-6-5-20-18(22)13-8-17(24(25)26)27-11-13/h3-8,11,25-26H,2,10H2,1H3. The van der Waals surface area contributed by atoms with Crippen molar-refractivity contribution in [3.05, 3.63) is 53.4 Å². The van der Waals surface area contributed by atoms with E-state index in [1.807, 2.05) is 22.2 Å². The Kier molecular flexibility index (Phi) is 4.37. The van der Waals surface area contributed by atoms with Gasteiger partial charge in [0.2, 0.25) is 0 Å². The molecular weight excluding hydrogens is 364 g/mol. The van der Waals surface area contributed by atoms with Gasteiger partial charge in [-0.25, -0.2) is 9.97 Å². The van der Waals surface area contributed by atoms with Gasteiger partial charge in [-0.1, -0.05) is 0 Å². The van der Waals surface area contributed by atoms with Crippen LogP contribution in [0.1, 0.15) is 18.3 Å². The quantitative estimate of drug-likeness (QED) is 0.514. The molecular formula is C18H16N6O2S. The summed E-state index contributed by atoms with van der Waals surface area (Å²) >= 11 is 1.21. The molecule has 0 unspecified atom stereocenters. The molecule has 27 heavy (non-hydrogen) atoms. The van der Waals surface area contributed by atoms with E-state index in [9.17, 15) is 0 Å². The Morgan fingerprint density at radius 3 is 2.85 bits per heavy atom. The molecule has 0 spiro atoms. The molecule has 3 aromatic heterocycles. The Hall–Kier alpha value is -3.19. The molecule has 0 bridgehead atoms. The van der Waals surface area contributed by atoms with Gasteiger partial charge in [0.15, 0.2) is 0 Å². The summed E-state index contributed by atoms with van der Waals surface area (Å²) in [5, 5.41) is 29.7. The van der Waals surface area contributed by atoms with E-state index in [1.54, 1.807) is 24.4 Å². The lowest BCUT2D eigenvalue weighted by molar-refractivity contribution is 0.0312. The van der Waals surface area contributed by atoms with Crippen molar-refractivity contribution in [2.75, 3.05) is 5.23 Å². The molecule has 0 atom stereocenters. The Morgan fingerprint density at radius 2 is 2.15 bits per heavy atom. The van der Waals surface area contributed by atoms with E-state index in [1.165, 1.54) is 11.3 Å². The fraction of sp³-hybridized carbons (Fsp3) is 0.167. The number of benzene rings is 1. The zero-order valence-corrected chi connectivity index (χ0v) is 15.3. The lowest BCUT2D eigenvalue weighted by Crippen LogP contribution is -2.09. The van der Waals surface area contributed by atoms with Gasteiger partial charge in [-0.05, 0) is 31.2 Å². The van der Waals surface area contributed by atoms with Gasteiger partial charge in [0, 0.05) is 29.9 Å². The molecule has 0 aliphatic heterocycles. The summed E-state index contributed by atoms with van der Waals surface area (Å²) in [4.78, 5) is 9.11. The van der Waals surface area contributed by atoms with Crippen molar-refractivity contribution < 1.29 is 10.4 Å². The van der Waals surface area contributed by atoms with Crippen LogP contribution in [0.25, 0.3) is 22.4 Å². The number of aryl methyl sites for hydroxylation is 1. The van der Waals surface area contributed by atoms with E-state index in [4.69, 9.17) is 20.7 Å². The number of hydrogen-bond acceptors (Lipinski definition) is 7. The van der Waals surface area contributed by atoms with E-state index in [2.05, 4.69) is 22.5 Å². The zero-order valence-electron chi connectivity index (χ0n) is 14.4. The van der Waals surface area contributed by atoms with Crippen LogP contribution in [-0.4, -0.2) is 29.5 Å². The molecule has 0 saturated heterocycles. The first kappa shape index (κ1) is 17.2. The van der Waals surface area contributed by atoms with Gasteiger partial charge >= 0.3 is 0 Å². The predicted molar refractivity (Wildman–Crippen MR) is 101 cm³/mol. The zero-order chi connectivity index (χ0) is 19.0. The molecule has 2 N–H and O–H groups in total. The molecule has 9 heteroatoms. The summed E-state index contributed by atoms with van der Waals surface area (Å²) in [5.41, 5.74) is 3.16. The highest BCUT2D eigenvalue weighted by atomic mass is 32.1. The summed E-state index contributed by atoms with van der Waals surface area (Å²) in [6, 6.07) is 9.32. The molecule has 1 aromatic carbocycles. The third-order valence-electron chi connectivity index (χ3n) is 4.34. The topological polar surface area (TPSA) is 103 Å². The first-order valence-corrected chi connectivity index (χ1v) is 9.16. The average Bonchev–Trinajstić information content (AvgIpc) is 3.38. The van der Waals surface area contributed by atoms with Crippen molar-refractivity contribution >= 4 is 27.4 Å². The first-order valence-electron chi connectivity index (χ1n) is 8.28. The number of anilines is 1. The molecule has 3 heterocycles. The van der Waals surface area contributed by atoms with E-state index in [-0.39, 0.29) is 5.23 Å². The molecule has 0 saturated carbocycles. The van der Waals surface area contributed by atoms with Gasteiger partial charge in [0.1, 0.15) is 16.6 Å². The third-order valence-corrected chi connectivity index (χ3v) is 5.24. The number of nitrogens with zero attached hydrogens (tertiary/aromatic N) is 6. The molecule has 136 valence electrons. The third kappa shape index (κ3) is 3.06. The largest absolute Gasteiger partial charge is 0.327 e. The SMILES string of the molecule is CCn1c(Cn2ccnc2-c2csc(N(O)O)c2)nc2cc(C#N)ccc21. The number of fused-ring (bicyclic) bond motifs is 1. The lowest BCUT2D eigenvalue weighted by atomic mass is 10.2. The normalized spacial score (nSPS) is 11.0. The second kappa shape index (κ2) is 6.85. The number of imidazole rings is 2. The van der Waals surface area contributed by atoms with Crippen LogP contribution in [-0.2, 0) is 13.1 Å². The Bertz CT molecular complexity index is 1150. The smallest absolute Gasteiger partial charge is 0.148 e. The maximum absolute atomic E-state index is 9.17. The fourth-order valence-corrected chi connectivity index (χ4v) is 3.83. The Morgan fingerprint density at radius 1 is 1.30 bits per heavy atom. The van der Waals surface area contributed by atoms with Crippen LogP contribution in [0.5, 0.6) is 0 Å². The van der Waals surface area contributed by atoms with Gasteiger partial charge in [0.05, 0.1) is 29.2 Å². The van der Waals surface area contributed by atoms with Gasteiger partial charge in [0.25, 0.3) is 0 Å². The molecule has 4 aromatic rings. The molecule has 0 aliphatic carbocycles. The van der Waals surface area contributed by atoms with E-state index in [0.717, 1.165) is 29.0 Å². The minimum Gasteiger partial charge on any atom is -0.327 e. The number of rotatable bonds is 5. The van der Waals surface area contributed by atoms with Crippen molar-refractivity contribution in [3.8, 4) is 17.5 Å². The molecule has 0 fully saturated rings. The predicted octanol–water partition coefficient (Wildman–Crippen LogP) is 3.49. The minimum absolute atomic E-state index is 0.102. The Balaban J connectivity index is 1.73. The van der Waals surface area contributed by atoms with Crippen LogP contribution in [0.4, 0.5) is 5.00 Å². The molecule has 0 amide bonds. The van der Waals surface area contributed by atoms with Gasteiger partial charge in [-0.15, -0.1) is 16.6 Å². The molecule has 0 radical (unpaired) electrons. The van der Waals surface area contributed by atoms with Crippen molar-refractivity contribution in [3.63, 3.8) is 0 Å². The van der Waals surface area contributed by atoms with E-state index >= 15 is 0 Å². The summed E-state index contributed by atoms with van der Waals surface area (Å²) in [6.45, 7) is 3.32. The number of thiophene rings is 1. The number of aromatic nitrogens is 4. The lowest BCUT2D eigenvalue weighted by Gasteiger charge is -2.09. The van der Waals surface area contributed by atoms with Crippen molar-refractivity contribution in [1.82, 2.24) is 19.1 Å². The second-order valence-electron chi connectivity index (χ2n) is 5.93. The maximum Gasteiger partial charge on any atom is 0.148 e. The van der Waals surface area contributed by atoms with Gasteiger partial charge in [-0.2, -0.15) is 5.26 Å². The molecule has 8 nitrogen and oxygen atoms in total. The van der Waals surface area contributed by atoms with Crippen molar-refractivity contribution in [2.45, 2.75) is 20.0 Å². The highest BCUT2D eigenvalue weighted by Crippen LogP contribution is 2.30. The highest BCUT2D eigenvalue weighted by molar-refractivity contribution is 7.14. The summed E-state index contributed by atoms with van der Waals surface area (Å²) in [6.07, 6.45) is 3.57. The summed E-state index contributed by atoms with van der Waals surface area (Å²) < 4.78 is 4.08. The van der Waals surface area contributed by atoms with Gasteiger partial charge < -0.3 is 9.13 Å². The van der Waals surface area contributed by atoms with E-state index in [0.29, 0.717) is 22.9 Å². The van der Waals surface area contributed by atoms with Crippen LogP contribution in [0.3, 0.4) is 0 Å². The van der Waals surface area contributed by atoms with Crippen LogP contribution in [0.15, 0.2) is 42.0 Å². The fourth-order valence-electron chi connectivity index (χ4n) is 3.12. The maximum atomic E-state index is 9.17. The highest BCUT2D eigenvalue weighted by Gasteiger charge is 2.15.